The Bertz CT molecular complexity index is 607. The predicted octanol–water partition coefficient (Wildman–Crippen LogP) is 2.17. The number of piperazine rings is 1. The minimum absolute atomic E-state index is 0.204. The van der Waals surface area contributed by atoms with Gasteiger partial charge in [-0.25, -0.2) is 0 Å². The van der Waals surface area contributed by atoms with Crippen molar-refractivity contribution >= 4 is 17.2 Å². The van der Waals surface area contributed by atoms with Crippen molar-refractivity contribution in [3.05, 3.63) is 58.3 Å². The van der Waals surface area contributed by atoms with Crippen molar-refractivity contribution in [2.75, 3.05) is 32.7 Å². The largest absolute Gasteiger partial charge is 0.387 e. The fourth-order valence-corrected chi connectivity index (χ4v) is 3.57. The lowest BCUT2D eigenvalue weighted by atomic mass is 10.1. The van der Waals surface area contributed by atoms with Gasteiger partial charge in [0.1, 0.15) is 0 Å². The minimum Gasteiger partial charge on any atom is -0.387 e. The van der Waals surface area contributed by atoms with Gasteiger partial charge in [0.25, 0.3) is 0 Å². The molecule has 1 aliphatic heterocycles. The second-order valence-corrected chi connectivity index (χ2v) is 6.90. The van der Waals surface area contributed by atoms with Crippen LogP contribution in [-0.4, -0.2) is 53.5 Å². The van der Waals surface area contributed by atoms with E-state index in [0.29, 0.717) is 13.0 Å². The molecule has 5 heteroatoms. The molecule has 1 fully saturated rings. The second kappa shape index (κ2) is 7.73. The zero-order chi connectivity index (χ0) is 16.1. The quantitative estimate of drug-likeness (QED) is 0.914. The maximum atomic E-state index is 12.3. The maximum absolute atomic E-state index is 12.3. The maximum Gasteiger partial charge on any atom is 0.227 e. The van der Waals surface area contributed by atoms with Crippen LogP contribution in [0.3, 0.4) is 0 Å². The third-order valence-corrected chi connectivity index (χ3v) is 5.12. The molecule has 4 nitrogen and oxygen atoms in total. The van der Waals surface area contributed by atoms with E-state index in [1.54, 1.807) is 11.3 Å². The molecule has 3 rings (SSSR count). The van der Waals surface area contributed by atoms with Crippen LogP contribution in [0, 0.1) is 0 Å². The third-order valence-electron chi connectivity index (χ3n) is 4.25. The highest BCUT2D eigenvalue weighted by molar-refractivity contribution is 7.10. The number of amides is 1. The number of benzene rings is 1. The molecule has 0 unspecified atom stereocenters. The lowest BCUT2D eigenvalue weighted by Gasteiger charge is -2.35. The van der Waals surface area contributed by atoms with E-state index in [0.717, 1.165) is 36.6 Å². The molecule has 0 spiro atoms. The number of thiophene rings is 1. The van der Waals surface area contributed by atoms with Crippen LogP contribution in [-0.2, 0) is 11.2 Å². The highest BCUT2D eigenvalue weighted by atomic mass is 32.1. The summed E-state index contributed by atoms with van der Waals surface area (Å²) in [6.45, 7) is 3.74. The Kier molecular flexibility index (Phi) is 5.43. The normalized spacial score (nSPS) is 17.2. The summed E-state index contributed by atoms with van der Waals surface area (Å²) in [5.41, 5.74) is 0.948. The molecule has 0 aliphatic carbocycles. The van der Waals surface area contributed by atoms with Gasteiger partial charge in [-0.2, -0.15) is 0 Å². The lowest BCUT2D eigenvalue weighted by molar-refractivity contribution is -0.132. The first-order chi connectivity index (χ1) is 11.2. The van der Waals surface area contributed by atoms with Gasteiger partial charge in [-0.3, -0.25) is 9.69 Å². The molecule has 1 amide bonds. The Morgan fingerprint density at radius 3 is 2.48 bits per heavy atom. The Balaban J connectivity index is 1.46. The number of hydrogen-bond acceptors (Lipinski definition) is 4. The van der Waals surface area contributed by atoms with Crippen LogP contribution < -0.4 is 0 Å². The molecule has 0 saturated carbocycles. The topological polar surface area (TPSA) is 43.8 Å². The van der Waals surface area contributed by atoms with Gasteiger partial charge in [0, 0.05) is 37.6 Å². The van der Waals surface area contributed by atoms with Crippen LogP contribution in [0.2, 0.25) is 0 Å². The Morgan fingerprint density at radius 1 is 1.09 bits per heavy atom. The monoisotopic (exact) mass is 330 g/mol. The van der Waals surface area contributed by atoms with Gasteiger partial charge in [-0.15, -0.1) is 11.3 Å². The van der Waals surface area contributed by atoms with Crippen LogP contribution in [0.25, 0.3) is 0 Å². The Morgan fingerprint density at radius 2 is 1.83 bits per heavy atom. The molecule has 1 aromatic heterocycles. The number of nitrogens with zero attached hydrogens (tertiary/aromatic N) is 2. The van der Waals surface area contributed by atoms with Gasteiger partial charge in [0.2, 0.25) is 5.91 Å². The Labute approximate surface area is 141 Å². The lowest BCUT2D eigenvalue weighted by Crippen LogP contribution is -2.49. The summed E-state index contributed by atoms with van der Waals surface area (Å²) in [7, 11) is 0. The van der Waals surface area contributed by atoms with Crippen LogP contribution >= 0.6 is 11.3 Å². The van der Waals surface area contributed by atoms with E-state index in [9.17, 15) is 9.90 Å². The van der Waals surface area contributed by atoms with Crippen LogP contribution in [0.5, 0.6) is 0 Å². The summed E-state index contributed by atoms with van der Waals surface area (Å²) in [5.74, 6) is 0.204. The van der Waals surface area contributed by atoms with Crippen LogP contribution in [0.15, 0.2) is 47.8 Å². The molecule has 2 aromatic rings. The Hall–Kier alpha value is -1.69. The first-order valence-electron chi connectivity index (χ1n) is 7.98. The molecular formula is C18H22N2O2S. The van der Waals surface area contributed by atoms with E-state index < -0.39 is 6.10 Å². The highest BCUT2D eigenvalue weighted by Crippen LogP contribution is 2.16. The van der Waals surface area contributed by atoms with Gasteiger partial charge >= 0.3 is 0 Å². The van der Waals surface area contributed by atoms with E-state index >= 15 is 0 Å². The third kappa shape index (κ3) is 4.41. The zero-order valence-corrected chi connectivity index (χ0v) is 13.9. The molecule has 1 aliphatic rings. The number of hydrogen-bond donors (Lipinski definition) is 1. The number of rotatable bonds is 5. The summed E-state index contributed by atoms with van der Waals surface area (Å²) < 4.78 is 0. The molecule has 23 heavy (non-hydrogen) atoms. The van der Waals surface area contributed by atoms with E-state index in [1.807, 2.05) is 52.7 Å². The first kappa shape index (κ1) is 16.2. The van der Waals surface area contributed by atoms with Gasteiger partial charge in [0.05, 0.1) is 12.5 Å². The van der Waals surface area contributed by atoms with Crippen LogP contribution in [0.4, 0.5) is 0 Å². The summed E-state index contributed by atoms with van der Waals surface area (Å²) in [5, 5.41) is 12.3. The summed E-state index contributed by atoms with van der Waals surface area (Å²) in [6.07, 6.45) is 0.0363. The van der Waals surface area contributed by atoms with Crippen molar-refractivity contribution in [2.45, 2.75) is 12.5 Å². The van der Waals surface area contributed by atoms with E-state index in [4.69, 9.17) is 0 Å². The summed E-state index contributed by atoms with van der Waals surface area (Å²) >= 11 is 1.63. The van der Waals surface area contributed by atoms with E-state index in [2.05, 4.69) is 4.90 Å². The molecule has 0 radical (unpaired) electrons. The van der Waals surface area contributed by atoms with E-state index in [1.165, 1.54) is 0 Å². The van der Waals surface area contributed by atoms with Gasteiger partial charge in [-0.05, 0) is 17.0 Å². The smallest absolute Gasteiger partial charge is 0.227 e. The van der Waals surface area contributed by atoms with Crippen molar-refractivity contribution < 1.29 is 9.90 Å². The van der Waals surface area contributed by atoms with E-state index in [-0.39, 0.29) is 5.91 Å². The molecular weight excluding hydrogens is 308 g/mol. The van der Waals surface area contributed by atoms with Crippen molar-refractivity contribution in [3.63, 3.8) is 0 Å². The molecule has 2 heterocycles. The molecule has 1 aromatic carbocycles. The predicted molar refractivity (Wildman–Crippen MR) is 92.4 cm³/mol. The number of aliphatic hydroxyl groups excluding tert-OH is 1. The molecule has 1 N–H and O–H groups in total. The fourth-order valence-electron chi connectivity index (χ4n) is 2.88. The number of aliphatic hydroxyl groups is 1. The zero-order valence-electron chi connectivity index (χ0n) is 13.1. The minimum atomic E-state index is -0.468. The fraction of sp³-hybridized carbons (Fsp3) is 0.389. The standard InChI is InChI=1S/C18H22N2O2S/c21-17(15-5-2-1-3-6-15)14-19-8-10-20(11-9-19)18(22)13-16-7-4-12-23-16/h1-7,12,17,21H,8-11,13-14H2/t17-/m0/s1. The van der Waals surface area contributed by atoms with Crippen molar-refractivity contribution in [1.29, 1.82) is 0 Å². The van der Waals surface area contributed by atoms with Gasteiger partial charge in [0.15, 0.2) is 0 Å². The average molecular weight is 330 g/mol. The molecule has 0 bridgehead atoms. The van der Waals surface area contributed by atoms with Crippen molar-refractivity contribution in [3.8, 4) is 0 Å². The van der Waals surface area contributed by atoms with Gasteiger partial charge in [-0.1, -0.05) is 36.4 Å². The highest BCUT2D eigenvalue weighted by Gasteiger charge is 2.23. The van der Waals surface area contributed by atoms with Gasteiger partial charge < -0.3 is 10.0 Å². The molecule has 1 saturated heterocycles. The first-order valence-corrected chi connectivity index (χ1v) is 8.86. The molecule has 1 atom stereocenters. The summed E-state index contributed by atoms with van der Waals surface area (Å²) in [4.78, 5) is 17.6. The van der Waals surface area contributed by atoms with Crippen LogP contribution in [0.1, 0.15) is 16.5 Å². The molecule has 122 valence electrons. The number of carbonyl (C=O) groups is 1. The second-order valence-electron chi connectivity index (χ2n) is 5.86. The summed E-state index contributed by atoms with van der Waals surface area (Å²) in [6, 6.07) is 13.7. The van der Waals surface area contributed by atoms with Crippen molar-refractivity contribution in [1.82, 2.24) is 9.80 Å². The average Bonchev–Trinajstić information content (AvgIpc) is 3.09. The number of carbonyl (C=O) groups excluding carboxylic acids is 1. The number of β-amino-alcohol motifs (C(OH)–C–C–N with tert-alkyl or cyclic N) is 1. The van der Waals surface area contributed by atoms with Crippen molar-refractivity contribution in [2.24, 2.45) is 0 Å². The SMILES string of the molecule is O=C(Cc1cccs1)N1CCN(C[C@H](O)c2ccccc2)CC1.